The predicted octanol–water partition coefficient (Wildman–Crippen LogP) is 1.20. The summed E-state index contributed by atoms with van der Waals surface area (Å²) in [6.45, 7) is 0. The van der Waals surface area contributed by atoms with Gasteiger partial charge in [-0.25, -0.2) is 4.79 Å². The summed E-state index contributed by atoms with van der Waals surface area (Å²) in [5, 5.41) is 0. The van der Waals surface area contributed by atoms with Crippen molar-refractivity contribution in [3.8, 4) is 0 Å². The second-order valence-electron chi connectivity index (χ2n) is 2.46. The molecule has 0 fully saturated rings. The topological polar surface area (TPSA) is 56.5 Å². The van der Waals surface area contributed by atoms with Gasteiger partial charge in [0.15, 0.2) is 0 Å². The molecule has 0 aliphatic heterocycles. The highest BCUT2D eigenvalue weighted by Crippen LogP contribution is 2.10. The third-order valence-corrected chi connectivity index (χ3v) is 1.56. The van der Waals surface area contributed by atoms with E-state index in [0.29, 0.717) is 18.6 Å². The molecule has 4 nitrogen and oxygen atoms in total. The largest absolute Gasteiger partial charge is 0.463 e. The van der Waals surface area contributed by atoms with Crippen molar-refractivity contribution in [3.05, 3.63) is 23.7 Å². The zero-order valence-electron chi connectivity index (χ0n) is 7.28. The number of hydrogen-bond donors (Lipinski definition) is 0. The van der Waals surface area contributed by atoms with E-state index in [9.17, 15) is 9.59 Å². The number of methoxy groups -OCH3 is 1. The molecule has 70 valence electrons. The molecule has 0 bridgehead atoms. The van der Waals surface area contributed by atoms with Crippen LogP contribution in [-0.4, -0.2) is 19.4 Å². The number of hydrogen-bond acceptors (Lipinski definition) is 4. The van der Waals surface area contributed by atoms with Crippen LogP contribution in [0, 0.1) is 0 Å². The number of carbonyl (C=O) groups is 2. The second kappa shape index (κ2) is 4.45. The molecule has 0 spiro atoms. The Hall–Kier alpha value is -1.58. The average Bonchev–Trinajstić information content (AvgIpc) is 2.62. The van der Waals surface area contributed by atoms with Crippen molar-refractivity contribution in [1.29, 1.82) is 0 Å². The van der Waals surface area contributed by atoms with Crippen molar-refractivity contribution >= 4 is 12.3 Å². The molecule has 0 amide bonds. The van der Waals surface area contributed by atoms with Gasteiger partial charge in [-0.2, -0.15) is 0 Å². The van der Waals surface area contributed by atoms with Gasteiger partial charge in [-0.1, -0.05) is 0 Å². The standard InChI is InChI=1S/C9H10O4/c1-12-9(11)8-5-4-7(13-8)3-2-6-10/h4-6H,2-3H2,1H3. The summed E-state index contributed by atoms with van der Waals surface area (Å²) in [5.74, 6) is 0.285. The van der Waals surface area contributed by atoms with Crippen LogP contribution in [0.1, 0.15) is 22.7 Å². The number of aryl methyl sites for hydroxylation is 1. The van der Waals surface area contributed by atoms with Crippen LogP contribution in [0.15, 0.2) is 16.5 Å². The van der Waals surface area contributed by atoms with Crippen LogP contribution in [0.3, 0.4) is 0 Å². The normalized spacial score (nSPS) is 9.62. The summed E-state index contributed by atoms with van der Waals surface area (Å²) >= 11 is 0. The number of rotatable bonds is 4. The fraction of sp³-hybridized carbons (Fsp3) is 0.333. The van der Waals surface area contributed by atoms with Crippen LogP contribution >= 0.6 is 0 Å². The number of furan rings is 1. The van der Waals surface area contributed by atoms with E-state index in [4.69, 9.17) is 4.42 Å². The number of carbonyl (C=O) groups excluding carboxylic acids is 2. The van der Waals surface area contributed by atoms with Gasteiger partial charge >= 0.3 is 5.97 Å². The third kappa shape index (κ3) is 2.43. The summed E-state index contributed by atoms with van der Waals surface area (Å²) < 4.78 is 9.56. The minimum absolute atomic E-state index is 0.170. The summed E-state index contributed by atoms with van der Waals surface area (Å²) in [7, 11) is 1.29. The van der Waals surface area contributed by atoms with E-state index in [2.05, 4.69) is 4.74 Å². The number of aldehydes is 1. The lowest BCUT2D eigenvalue weighted by Gasteiger charge is -1.93. The highest BCUT2D eigenvalue weighted by Gasteiger charge is 2.10. The number of esters is 1. The molecule has 0 saturated heterocycles. The van der Waals surface area contributed by atoms with Crippen molar-refractivity contribution < 1.29 is 18.7 Å². The zero-order chi connectivity index (χ0) is 9.68. The van der Waals surface area contributed by atoms with Crippen LogP contribution in [0.25, 0.3) is 0 Å². The van der Waals surface area contributed by atoms with Gasteiger partial charge in [0.05, 0.1) is 7.11 Å². The van der Waals surface area contributed by atoms with Gasteiger partial charge in [0.2, 0.25) is 5.76 Å². The van der Waals surface area contributed by atoms with Crippen LogP contribution in [-0.2, 0) is 16.0 Å². The molecule has 0 radical (unpaired) electrons. The Bertz CT molecular complexity index is 300. The van der Waals surface area contributed by atoms with Gasteiger partial charge < -0.3 is 13.9 Å². The van der Waals surface area contributed by atoms with Crippen molar-refractivity contribution in [1.82, 2.24) is 0 Å². The van der Waals surface area contributed by atoms with Crippen molar-refractivity contribution in [2.75, 3.05) is 7.11 Å². The first-order valence-corrected chi connectivity index (χ1v) is 3.88. The van der Waals surface area contributed by atoms with E-state index < -0.39 is 5.97 Å². The maximum absolute atomic E-state index is 10.9. The molecule has 0 aromatic carbocycles. The molecular formula is C9H10O4. The second-order valence-corrected chi connectivity index (χ2v) is 2.46. The maximum atomic E-state index is 10.9. The van der Waals surface area contributed by atoms with Gasteiger partial charge in [-0.05, 0) is 12.1 Å². The summed E-state index contributed by atoms with van der Waals surface area (Å²) in [6, 6.07) is 3.20. The smallest absolute Gasteiger partial charge is 0.373 e. The summed E-state index contributed by atoms with van der Waals surface area (Å²) in [5.41, 5.74) is 0. The van der Waals surface area contributed by atoms with Gasteiger partial charge in [-0.15, -0.1) is 0 Å². The molecule has 0 aliphatic carbocycles. The van der Waals surface area contributed by atoms with Gasteiger partial charge in [0, 0.05) is 12.8 Å². The monoisotopic (exact) mass is 182 g/mol. The summed E-state index contributed by atoms with van der Waals surface area (Å²) in [6.07, 6.45) is 1.72. The fourth-order valence-corrected chi connectivity index (χ4v) is 0.924. The number of ether oxygens (including phenoxy) is 1. The maximum Gasteiger partial charge on any atom is 0.373 e. The molecule has 1 heterocycles. The SMILES string of the molecule is COC(=O)c1ccc(CCC=O)o1. The minimum Gasteiger partial charge on any atom is -0.463 e. The molecule has 0 unspecified atom stereocenters. The lowest BCUT2D eigenvalue weighted by Crippen LogP contribution is -1.98. The first kappa shape index (κ1) is 9.51. The van der Waals surface area contributed by atoms with Crippen LogP contribution < -0.4 is 0 Å². The Balaban J connectivity index is 2.63. The van der Waals surface area contributed by atoms with E-state index in [0.717, 1.165) is 6.29 Å². The molecule has 0 aliphatic rings. The molecule has 4 heteroatoms. The van der Waals surface area contributed by atoms with E-state index in [-0.39, 0.29) is 5.76 Å². The molecule has 0 atom stereocenters. The Morgan fingerprint density at radius 1 is 1.62 bits per heavy atom. The quantitative estimate of drug-likeness (QED) is 0.518. The van der Waals surface area contributed by atoms with Crippen molar-refractivity contribution in [2.45, 2.75) is 12.8 Å². The fourth-order valence-electron chi connectivity index (χ4n) is 0.924. The molecule has 0 saturated carbocycles. The Morgan fingerprint density at radius 3 is 3.00 bits per heavy atom. The Morgan fingerprint density at radius 2 is 2.38 bits per heavy atom. The zero-order valence-corrected chi connectivity index (χ0v) is 7.28. The lowest BCUT2D eigenvalue weighted by atomic mass is 10.3. The molecule has 1 aromatic rings. The highest BCUT2D eigenvalue weighted by molar-refractivity contribution is 5.86. The predicted molar refractivity (Wildman–Crippen MR) is 44.4 cm³/mol. The Kier molecular flexibility index (Phi) is 3.25. The molecule has 0 N–H and O–H groups in total. The first-order valence-electron chi connectivity index (χ1n) is 3.88. The van der Waals surface area contributed by atoms with Gasteiger partial charge in [0.1, 0.15) is 12.0 Å². The van der Waals surface area contributed by atoms with Crippen LogP contribution in [0.2, 0.25) is 0 Å². The van der Waals surface area contributed by atoms with Crippen LogP contribution in [0.4, 0.5) is 0 Å². The highest BCUT2D eigenvalue weighted by atomic mass is 16.5. The lowest BCUT2D eigenvalue weighted by molar-refractivity contribution is -0.107. The summed E-state index contributed by atoms with van der Waals surface area (Å²) in [4.78, 5) is 21.0. The molecule has 1 rings (SSSR count). The molecule has 13 heavy (non-hydrogen) atoms. The Labute approximate surface area is 75.5 Å². The average molecular weight is 182 g/mol. The van der Waals surface area contributed by atoms with Gasteiger partial charge in [-0.3, -0.25) is 0 Å². The third-order valence-electron chi connectivity index (χ3n) is 1.56. The minimum atomic E-state index is -0.502. The van der Waals surface area contributed by atoms with Crippen LogP contribution in [0.5, 0.6) is 0 Å². The first-order chi connectivity index (χ1) is 6.27. The van der Waals surface area contributed by atoms with Crippen molar-refractivity contribution in [3.63, 3.8) is 0 Å². The molecular weight excluding hydrogens is 172 g/mol. The van der Waals surface area contributed by atoms with Gasteiger partial charge in [0.25, 0.3) is 0 Å². The van der Waals surface area contributed by atoms with E-state index in [1.165, 1.54) is 13.2 Å². The van der Waals surface area contributed by atoms with E-state index >= 15 is 0 Å². The van der Waals surface area contributed by atoms with Crippen molar-refractivity contribution in [2.24, 2.45) is 0 Å². The molecule has 1 aromatic heterocycles. The van der Waals surface area contributed by atoms with E-state index in [1.807, 2.05) is 0 Å². The van der Waals surface area contributed by atoms with E-state index in [1.54, 1.807) is 6.07 Å².